The van der Waals surface area contributed by atoms with Crippen LogP contribution in [0.4, 0.5) is 0 Å². The number of ether oxygens (including phenoxy) is 10. The third-order valence-corrected chi connectivity index (χ3v) is 10.4. The fourth-order valence-corrected chi connectivity index (χ4v) is 6.41. The maximum Gasteiger partial charge on any atom is 0.371 e. The largest absolute Gasteiger partial charge is 0.494 e. The molecule has 16 heteroatoms. The molecular formula is C58H67NO15. The first-order valence-corrected chi connectivity index (χ1v) is 24.3. The zero-order chi connectivity index (χ0) is 52.9. The molecule has 0 atom stereocenters. The van der Waals surface area contributed by atoms with Crippen LogP contribution in [0.5, 0.6) is 34.5 Å². The first kappa shape index (κ1) is 58.9. The van der Waals surface area contributed by atoms with Crippen LogP contribution in [-0.2, 0) is 44.7 Å². The van der Waals surface area contributed by atoms with Gasteiger partial charge in [-0.25, -0.2) is 14.6 Å². The number of rotatable bonds is 37. The zero-order valence-electron chi connectivity index (χ0n) is 42.3. The lowest BCUT2D eigenvalue weighted by atomic mass is 10.0. The van der Waals surface area contributed by atoms with E-state index in [0.717, 1.165) is 61.0 Å². The van der Waals surface area contributed by atoms with Crippen molar-refractivity contribution in [2.24, 2.45) is 0 Å². The summed E-state index contributed by atoms with van der Waals surface area (Å²) in [5, 5.41) is 8.81. The van der Waals surface area contributed by atoms with Crippen LogP contribution in [-0.4, -0.2) is 98.2 Å². The van der Waals surface area contributed by atoms with Crippen LogP contribution in [0.15, 0.2) is 134 Å². The van der Waals surface area contributed by atoms with Gasteiger partial charge in [-0.15, -0.1) is 6.58 Å². The summed E-state index contributed by atoms with van der Waals surface area (Å²) >= 11 is 0. The topological polar surface area (TPSA) is 186 Å². The van der Waals surface area contributed by atoms with Gasteiger partial charge in [-0.1, -0.05) is 24.8 Å². The maximum absolute atomic E-state index is 12.4. The second kappa shape index (κ2) is 36.3. The van der Waals surface area contributed by atoms with Gasteiger partial charge in [0.05, 0.1) is 57.9 Å². The molecule has 16 nitrogen and oxygen atoms in total. The molecule has 0 fully saturated rings. The Bertz CT molecular complexity index is 2430. The highest BCUT2D eigenvalue weighted by Crippen LogP contribution is 2.25. The molecule has 0 aliphatic rings. The number of carbonyl (C=O) groups is 3. The van der Waals surface area contributed by atoms with Gasteiger partial charge in [0.15, 0.2) is 5.78 Å². The smallest absolute Gasteiger partial charge is 0.371 e. The fraction of sp³-hybridized carbons (Fsp3) is 0.345. The predicted octanol–water partition coefficient (Wildman–Crippen LogP) is 10.4. The highest BCUT2D eigenvalue weighted by Gasteiger charge is 2.09. The molecule has 0 spiro atoms. The van der Waals surface area contributed by atoms with Crippen molar-refractivity contribution in [1.29, 1.82) is 5.26 Å². The predicted molar refractivity (Wildman–Crippen MR) is 277 cm³/mol. The molecule has 0 N–H and O–H groups in total. The lowest BCUT2D eigenvalue weighted by Gasteiger charge is -2.14. The lowest BCUT2D eigenvalue weighted by Crippen LogP contribution is -2.08. The van der Waals surface area contributed by atoms with Gasteiger partial charge in [0.25, 0.3) is 0 Å². The Morgan fingerprint density at radius 2 is 1.11 bits per heavy atom. The van der Waals surface area contributed by atoms with E-state index in [1.165, 1.54) is 0 Å². The number of Topliss-reactive ketones (excluding diaryl/α,β-unsaturated/α-hetero) is 1. The Morgan fingerprint density at radius 3 is 1.72 bits per heavy atom. The maximum atomic E-state index is 12.4. The molecule has 394 valence electrons. The number of hydrogen-bond donors (Lipinski definition) is 0. The molecule has 0 radical (unpaired) electrons. The first-order chi connectivity index (χ1) is 36.2. The van der Waals surface area contributed by atoms with Crippen molar-refractivity contribution in [2.75, 3.05) is 80.2 Å². The van der Waals surface area contributed by atoms with Gasteiger partial charge in [0.1, 0.15) is 53.5 Å². The summed E-state index contributed by atoms with van der Waals surface area (Å²) < 4.78 is 55.1. The van der Waals surface area contributed by atoms with Crippen molar-refractivity contribution in [3.8, 4) is 40.6 Å². The van der Waals surface area contributed by atoms with Crippen molar-refractivity contribution in [1.82, 2.24) is 0 Å². The molecule has 74 heavy (non-hydrogen) atoms. The van der Waals surface area contributed by atoms with Gasteiger partial charge < -0.3 is 47.4 Å². The summed E-state index contributed by atoms with van der Waals surface area (Å²) in [5.74, 6) is 3.93. The standard InChI is InChI=1S/C35H44O10.C23H23NO5/c1-5-18-44-45-20-7-6-19-39-31-12-14-33(15-13-31)40-26-42-34-16-17-35(28(2)25-34)43-27-41-32-10-8-30(9-11-32)29(3)38-24-23-37-22-21-36-4;24-16-19-7-5-18(6-8-19)15-22(26)20-9-11-21(12-10-20)28-13-3-1-2-4-14-29-23(27)17-25/h5,8-17,25H,1,3,6-7,18-24,26-27H2,2,4H3;5-12,17H,1-4,13-15H2. The summed E-state index contributed by atoms with van der Waals surface area (Å²) in [6, 6.07) is 36.5. The Balaban J connectivity index is 0.000000352. The Labute approximate surface area is 434 Å². The number of aryl methyl sites for hydroxylation is 1. The zero-order valence-corrected chi connectivity index (χ0v) is 42.3. The lowest BCUT2D eigenvalue weighted by molar-refractivity contribution is -0.286. The minimum Gasteiger partial charge on any atom is -0.494 e. The molecule has 0 bridgehead atoms. The van der Waals surface area contributed by atoms with E-state index in [9.17, 15) is 14.4 Å². The minimum atomic E-state index is -0.827. The van der Waals surface area contributed by atoms with E-state index in [4.69, 9.17) is 57.7 Å². The quantitative estimate of drug-likeness (QED) is 0.00349. The number of methoxy groups -OCH3 is 1. The van der Waals surface area contributed by atoms with E-state index < -0.39 is 5.97 Å². The van der Waals surface area contributed by atoms with Crippen molar-refractivity contribution in [3.63, 3.8) is 0 Å². The number of ketones is 1. The van der Waals surface area contributed by atoms with E-state index in [1.807, 2.05) is 73.7 Å². The fourth-order valence-electron chi connectivity index (χ4n) is 6.41. The Hall–Kier alpha value is -7.68. The Kier molecular flexibility index (Phi) is 28.9. The molecule has 0 saturated carbocycles. The third kappa shape index (κ3) is 24.6. The van der Waals surface area contributed by atoms with Gasteiger partial charge in [0, 0.05) is 24.7 Å². The van der Waals surface area contributed by atoms with Crippen LogP contribution in [0.2, 0.25) is 0 Å². The number of unbranched alkanes of at least 4 members (excludes halogenated alkanes) is 4. The van der Waals surface area contributed by atoms with Gasteiger partial charge in [-0.2, -0.15) is 5.26 Å². The van der Waals surface area contributed by atoms with E-state index in [1.54, 1.807) is 61.7 Å². The van der Waals surface area contributed by atoms with Crippen LogP contribution in [0.25, 0.3) is 5.76 Å². The molecule has 0 saturated heterocycles. The number of hydrogen-bond acceptors (Lipinski definition) is 16. The molecule has 0 unspecified atom stereocenters. The van der Waals surface area contributed by atoms with E-state index in [-0.39, 0.29) is 38.7 Å². The van der Waals surface area contributed by atoms with E-state index in [0.29, 0.717) is 98.5 Å². The highest BCUT2D eigenvalue weighted by atomic mass is 17.2. The average molecular weight is 1020 g/mol. The number of carbonyl (C=O) groups excluding carboxylic acids is 3. The SMILES string of the molecule is C=CCOOCCCCOc1ccc(OCOc2ccc(OCOc3ccc(C(=C)OCCOCCOC)cc3)c(C)c2)cc1.N#Cc1ccc(CC(=O)c2ccc(OCCCCCCOC(=O)C=O)cc2)cc1. The molecule has 0 aromatic heterocycles. The van der Waals surface area contributed by atoms with Gasteiger partial charge in [-0.05, 0) is 160 Å². The van der Waals surface area contributed by atoms with Gasteiger partial charge >= 0.3 is 5.97 Å². The highest BCUT2D eigenvalue weighted by molar-refractivity contribution is 6.20. The minimum absolute atomic E-state index is 0.0107. The van der Waals surface area contributed by atoms with Crippen molar-refractivity contribution in [3.05, 3.63) is 162 Å². The second-order valence-electron chi connectivity index (χ2n) is 16.0. The van der Waals surface area contributed by atoms with Crippen LogP contribution in [0.3, 0.4) is 0 Å². The molecule has 5 rings (SSSR count). The summed E-state index contributed by atoms with van der Waals surface area (Å²) in [5.41, 5.74) is 3.83. The van der Waals surface area contributed by atoms with Gasteiger partial charge in [0.2, 0.25) is 19.9 Å². The molecule has 5 aromatic rings. The molecular weight excluding hydrogens is 951 g/mol. The average Bonchev–Trinajstić information content (AvgIpc) is 3.42. The number of benzene rings is 5. The van der Waals surface area contributed by atoms with E-state index in [2.05, 4.69) is 24.0 Å². The molecule has 0 aliphatic carbocycles. The van der Waals surface area contributed by atoms with E-state index >= 15 is 0 Å². The number of esters is 1. The third-order valence-electron chi connectivity index (χ3n) is 10.4. The summed E-state index contributed by atoms with van der Waals surface area (Å²) in [6.45, 7) is 13.9. The monoisotopic (exact) mass is 1020 g/mol. The Morgan fingerprint density at radius 1 is 0.568 bits per heavy atom. The van der Waals surface area contributed by atoms with Crippen molar-refractivity contribution < 1.29 is 71.5 Å². The summed E-state index contributed by atoms with van der Waals surface area (Å²) in [6.07, 6.45) is 7.18. The van der Waals surface area contributed by atoms with Crippen molar-refractivity contribution >= 4 is 23.8 Å². The van der Waals surface area contributed by atoms with Crippen LogP contribution in [0, 0.1) is 18.3 Å². The molecule has 0 aliphatic heterocycles. The number of nitriles is 1. The van der Waals surface area contributed by atoms with Crippen LogP contribution in [0.1, 0.15) is 71.1 Å². The molecule has 5 aromatic carbocycles. The van der Waals surface area contributed by atoms with Crippen LogP contribution < -0.4 is 28.4 Å². The van der Waals surface area contributed by atoms with Crippen molar-refractivity contribution in [2.45, 2.75) is 51.9 Å². The second-order valence-corrected chi connectivity index (χ2v) is 16.0. The van der Waals surface area contributed by atoms with Crippen LogP contribution >= 0.6 is 0 Å². The summed E-state index contributed by atoms with van der Waals surface area (Å²) in [4.78, 5) is 43.0. The summed E-state index contributed by atoms with van der Waals surface area (Å²) in [7, 11) is 1.64. The molecule has 0 amide bonds. The number of aldehydes is 1. The normalized spacial score (nSPS) is 10.4. The van der Waals surface area contributed by atoms with Gasteiger partial charge in [-0.3, -0.25) is 9.59 Å². The molecule has 0 heterocycles. The number of nitrogens with zero attached hydrogens (tertiary/aromatic N) is 1. The first-order valence-electron chi connectivity index (χ1n) is 24.3.